The standard InChI is InChI=1S/C22H16FN3O4/c1-14-8-9-15(11-18(14)23)21-25-20(30-26-21)13-28-22(27)17-6-2-3-7-19(17)29-16-5-4-10-24-12-16/h2-12H,13H2,1H3. The van der Waals surface area contributed by atoms with Gasteiger partial charge in [0.05, 0.1) is 6.20 Å². The number of hydrogen-bond acceptors (Lipinski definition) is 7. The zero-order valence-corrected chi connectivity index (χ0v) is 15.9. The average Bonchev–Trinajstić information content (AvgIpc) is 3.24. The van der Waals surface area contributed by atoms with E-state index in [0.717, 1.165) is 0 Å². The topological polar surface area (TPSA) is 87.3 Å². The van der Waals surface area contributed by atoms with E-state index < -0.39 is 5.97 Å². The molecule has 0 unspecified atom stereocenters. The Hall–Kier alpha value is -4.07. The molecule has 0 radical (unpaired) electrons. The van der Waals surface area contributed by atoms with Crippen molar-refractivity contribution in [3.05, 3.63) is 89.8 Å². The minimum Gasteiger partial charge on any atom is -0.455 e. The van der Waals surface area contributed by atoms with Crippen molar-refractivity contribution in [1.82, 2.24) is 15.1 Å². The lowest BCUT2D eigenvalue weighted by Gasteiger charge is -2.09. The molecule has 7 nitrogen and oxygen atoms in total. The average molecular weight is 405 g/mol. The molecule has 0 aliphatic heterocycles. The summed E-state index contributed by atoms with van der Waals surface area (Å²) in [6, 6.07) is 14.8. The predicted molar refractivity (Wildman–Crippen MR) is 104 cm³/mol. The number of pyridine rings is 1. The van der Waals surface area contributed by atoms with E-state index in [1.807, 2.05) is 0 Å². The number of hydrogen-bond donors (Lipinski definition) is 0. The Balaban J connectivity index is 1.44. The summed E-state index contributed by atoms with van der Waals surface area (Å²) < 4.78 is 29.8. The number of carbonyl (C=O) groups excluding carboxylic acids is 1. The minimum absolute atomic E-state index is 0.0880. The first-order valence-corrected chi connectivity index (χ1v) is 9.03. The van der Waals surface area contributed by atoms with Gasteiger partial charge in [-0.2, -0.15) is 4.98 Å². The molecule has 8 heteroatoms. The van der Waals surface area contributed by atoms with Crippen molar-refractivity contribution in [2.24, 2.45) is 0 Å². The van der Waals surface area contributed by atoms with Crippen molar-refractivity contribution in [3.8, 4) is 22.9 Å². The van der Waals surface area contributed by atoms with E-state index in [9.17, 15) is 9.18 Å². The van der Waals surface area contributed by atoms with Gasteiger partial charge in [-0.1, -0.05) is 29.4 Å². The van der Waals surface area contributed by atoms with Gasteiger partial charge in [-0.3, -0.25) is 4.98 Å². The van der Waals surface area contributed by atoms with Gasteiger partial charge < -0.3 is 14.0 Å². The summed E-state index contributed by atoms with van der Waals surface area (Å²) in [5, 5.41) is 3.81. The summed E-state index contributed by atoms with van der Waals surface area (Å²) in [6.45, 7) is 1.43. The summed E-state index contributed by atoms with van der Waals surface area (Å²) in [5.74, 6) is 0.137. The van der Waals surface area contributed by atoms with Crippen molar-refractivity contribution in [2.75, 3.05) is 0 Å². The van der Waals surface area contributed by atoms with E-state index in [4.69, 9.17) is 14.0 Å². The van der Waals surface area contributed by atoms with Crippen LogP contribution >= 0.6 is 0 Å². The molecule has 0 atom stereocenters. The fourth-order valence-corrected chi connectivity index (χ4v) is 2.63. The van der Waals surface area contributed by atoms with Crippen molar-refractivity contribution >= 4 is 5.97 Å². The number of rotatable bonds is 6. The van der Waals surface area contributed by atoms with Gasteiger partial charge in [-0.15, -0.1) is 0 Å². The summed E-state index contributed by atoms with van der Waals surface area (Å²) in [6.07, 6.45) is 3.16. The summed E-state index contributed by atoms with van der Waals surface area (Å²) in [7, 11) is 0. The van der Waals surface area contributed by atoms with Crippen LogP contribution in [0.5, 0.6) is 11.5 Å². The number of esters is 1. The Morgan fingerprint density at radius 3 is 2.80 bits per heavy atom. The first kappa shape index (κ1) is 19.3. The maximum absolute atomic E-state index is 13.7. The number of nitrogens with zero attached hydrogens (tertiary/aromatic N) is 3. The first-order valence-electron chi connectivity index (χ1n) is 9.03. The van der Waals surface area contributed by atoms with Crippen molar-refractivity contribution < 1.29 is 23.2 Å². The van der Waals surface area contributed by atoms with E-state index in [2.05, 4.69) is 15.1 Å². The molecule has 2 aromatic heterocycles. The van der Waals surface area contributed by atoms with E-state index >= 15 is 0 Å². The predicted octanol–water partition coefficient (Wildman–Crippen LogP) is 4.73. The van der Waals surface area contributed by atoms with E-state index in [-0.39, 0.29) is 29.7 Å². The number of ether oxygens (including phenoxy) is 2. The molecule has 0 saturated carbocycles. The van der Waals surface area contributed by atoms with Gasteiger partial charge in [0.25, 0.3) is 5.89 Å². The smallest absolute Gasteiger partial charge is 0.342 e. The largest absolute Gasteiger partial charge is 0.455 e. The third kappa shape index (κ3) is 4.33. The molecular weight excluding hydrogens is 389 g/mol. The summed E-state index contributed by atoms with van der Waals surface area (Å²) >= 11 is 0. The molecule has 2 heterocycles. The molecular formula is C22H16FN3O4. The molecule has 150 valence electrons. The van der Waals surface area contributed by atoms with Gasteiger partial charge in [-0.25, -0.2) is 9.18 Å². The van der Waals surface area contributed by atoms with Crippen LogP contribution in [0.3, 0.4) is 0 Å². The molecule has 0 N–H and O–H groups in total. The SMILES string of the molecule is Cc1ccc(-c2noc(COC(=O)c3ccccc3Oc3cccnc3)n2)cc1F. The number of carbonyl (C=O) groups is 1. The zero-order valence-electron chi connectivity index (χ0n) is 15.9. The molecule has 4 aromatic rings. The van der Waals surface area contributed by atoms with Crippen LogP contribution in [0.4, 0.5) is 4.39 Å². The highest BCUT2D eigenvalue weighted by molar-refractivity contribution is 5.92. The second-order valence-corrected chi connectivity index (χ2v) is 6.34. The Morgan fingerprint density at radius 1 is 1.13 bits per heavy atom. The molecule has 0 saturated heterocycles. The third-order valence-corrected chi connectivity index (χ3v) is 4.19. The highest BCUT2D eigenvalue weighted by Crippen LogP contribution is 2.25. The number of aryl methyl sites for hydroxylation is 1. The Kier molecular flexibility index (Phi) is 5.47. The van der Waals surface area contributed by atoms with Crippen LogP contribution < -0.4 is 4.74 Å². The Labute approximate surface area is 171 Å². The monoisotopic (exact) mass is 405 g/mol. The van der Waals surface area contributed by atoms with Crippen LogP contribution in [0.15, 0.2) is 71.5 Å². The minimum atomic E-state index is -0.615. The van der Waals surface area contributed by atoms with Gasteiger partial charge >= 0.3 is 5.97 Å². The number of para-hydroxylation sites is 1. The highest BCUT2D eigenvalue weighted by atomic mass is 19.1. The van der Waals surface area contributed by atoms with Crippen LogP contribution in [0.1, 0.15) is 21.8 Å². The summed E-state index contributed by atoms with van der Waals surface area (Å²) in [5.41, 5.74) is 1.22. The second-order valence-electron chi connectivity index (χ2n) is 6.34. The van der Waals surface area contributed by atoms with Crippen molar-refractivity contribution in [1.29, 1.82) is 0 Å². The van der Waals surface area contributed by atoms with Crippen LogP contribution in [-0.4, -0.2) is 21.1 Å². The normalized spacial score (nSPS) is 10.6. The Morgan fingerprint density at radius 2 is 2.00 bits per heavy atom. The number of aromatic nitrogens is 3. The van der Waals surface area contributed by atoms with Gasteiger partial charge in [-0.05, 0) is 42.8 Å². The number of benzene rings is 2. The molecule has 0 spiro atoms. The van der Waals surface area contributed by atoms with Gasteiger partial charge in [0.15, 0.2) is 6.61 Å². The molecule has 4 rings (SSSR count). The second kappa shape index (κ2) is 8.52. The van der Waals surface area contributed by atoms with E-state index in [0.29, 0.717) is 22.6 Å². The highest BCUT2D eigenvalue weighted by Gasteiger charge is 2.17. The van der Waals surface area contributed by atoms with E-state index in [1.54, 1.807) is 61.7 Å². The molecule has 0 aliphatic carbocycles. The lowest BCUT2D eigenvalue weighted by atomic mass is 10.1. The number of halogens is 1. The van der Waals surface area contributed by atoms with Gasteiger partial charge in [0, 0.05) is 11.8 Å². The molecule has 0 fully saturated rings. The summed E-state index contributed by atoms with van der Waals surface area (Å²) in [4.78, 5) is 20.7. The van der Waals surface area contributed by atoms with Crippen LogP contribution in [0, 0.1) is 12.7 Å². The third-order valence-electron chi connectivity index (χ3n) is 4.19. The van der Waals surface area contributed by atoms with Gasteiger partial charge in [0.2, 0.25) is 5.82 Å². The Bertz CT molecular complexity index is 1180. The van der Waals surface area contributed by atoms with Crippen molar-refractivity contribution in [3.63, 3.8) is 0 Å². The molecule has 0 aliphatic rings. The van der Waals surface area contributed by atoms with Gasteiger partial charge in [0.1, 0.15) is 22.9 Å². The lowest BCUT2D eigenvalue weighted by molar-refractivity contribution is 0.0427. The fourth-order valence-electron chi connectivity index (χ4n) is 2.63. The molecule has 30 heavy (non-hydrogen) atoms. The van der Waals surface area contributed by atoms with Crippen LogP contribution in [0.25, 0.3) is 11.4 Å². The van der Waals surface area contributed by atoms with Crippen LogP contribution in [-0.2, 0) is 11.3 Å². The molecule has 0 amide bonds. The lowest BCUT2D eigenvalue weighted by Crippen LogP contribution is -2.07. The van der Waals surface area contributed by atoms with Crippen molar-refractivity contribution in [2.45, 2.75) is 13.5 Å². The zero-order chi connectivity index (χ0) is 20.9. The molecule has 2 aromatic carbocycles. The maximum Gasteiger partial charge on any atom is 0.342 e. The maximum atomic E-state index is 13.7. The van der Waals surface area contributed by atoms with E-state index in [1.165, 1.54) is 12.3 Å². The quantitative estimate of drug-likeness (QED) is 0.429. The molecule has 0 bridgehead atoms. The van der Waals surface area contributed by atoms with Crippen LogP contribution in [0.2, 0.25) is 0 Å². The fraction of sp³-hybridized carbons (Fsp3) is 0.0909. The first-order chi connectivity index (χ1) is 14.6.